The molecule has 1 aromatic carbocycles. The highest BCUT2D eigenvalue weighted by Crippen LogP contribution is 2.35. The Kier molecular flexibility index (Phi) is 6.02. The fourth-order valence-electron chi connectivity index (χ4n) is 4.30. The Bertz CT molecular complexity index is 1110. The molecule has 178 valence electrons. The van der Waals surface area contributed by atoms with E-state index < -0.39 is 23.2 Å². The summed E-state index contributed by atoms with van der Waals surface area (Å²) in [4.78, 5) is 37.7. The molecule has 0 radical (unpaired) electrons. The Balaban J connectivity index is 1.48. The summed E-state index contributed by atoms with van der Waals surface area (Å²) < 4.78 is 28.2. The third kappa shape index (κ3) is 4.79. The van der Waals surface area contributed by atoms with E-state index in [0.29, 0.717) is 24.3 Å². The summed E-state index contributed by atoms with van der Waals surface area (Å²) in [7, 11) is 1.68. The number of hydrogen-bond acceptors (Lipinski definition) is 6. The molecule has 0 bridgehead atoms. The van der Waals surface area contributed by atoms with Gasteiger partial charge in [-0.05, 0) is 45.7 Å². The number of amides is 3. The van der Waals surface area contributed by atoms with E-state index in [1.165, 1.54) is 4.68 Å². The predicted molar refractivity (Wildman–Crippen MR) is 117 cm³/mol. The second kappa shape index (κ2) is 8.64. The van der Waals surface area contributed by atoms with E-state index in [-0.39, 0.29) is 48.5 Å². The lowest BCUT2D eigenvalue weighted by molar-refractivity contribution is -0.134. The molecule has 33 heavy (non-hydrogen) atoms. The van der Waals surface area contributed by atoms with Crippen molar-refractivity contribution in [1.29, 1.82) is 0 Å². The Morgan fingerprint density at radius 1 is 1.27 bits per heavy atom. The van der Waals surface area contributed by atoms with Crippen LogP contribution >= 0.6 is 0 Å². The van der Waals surface area contributed by atoms with Gasteiger partial charge in [0.15, 0.2) is 11.6 Å². The second-order valence-electron chi connectivity index (χ2n) is 9.68. The summed E-state index contributed by atoms with van der Waals surface area (Å²) >= 11 is 0. The Morgan fingerprint density at radius 3 is 2.73 bits per heavy atom. The molecule has 9 nitrogen and oxygen atoms in total. The molecule has 2 aliphatic rings. The van der Waals surface area contributed by atoms with Crippen molar-refractivity contribution in [3.05, 3.63) is 23.6 Å². The lowest BCUT2D eigenvalue weighted by Gasteiger charge is -2.24. The third-order valence-corrected chi connectivity index (χ3v) is 5.93. The molecule has 3 amide bonds. The van der Waals surface area contributed by atoms with Gasteiger partial charge in [0, 0.05) is 32.5 Å². The summed E-state index contributed by atoms with van der Waals surface area (Å²) in [6, 6.07) is 3.26. The van der Waals surface area contributed by atoms with Gasteiger partial charge >= 0.3 is 6.09 Å². The minimum Gasteiger partial charge on any atom is -0.490 e. The number of aromatic nitrogens is 2. The number of halogens is 1. The summed E-state index contributed by atoms with van der Waals surface area (Å²) in [5, 5.41) is 6.91. The number of fused-ring (bicyclic) bond motifs is 1. The highest BCUT2D eigenvalue weighted by molar-refractivity contribution is 6.02. The molecule has 1 aromatic heterocycles. The molecule has 1 unspecified atom stereocenters. The van der Waals surface area contributed by atoms with Crippen LogP contribution in [0.3, 0.4) is 0 Å². The highest BCUT2D eigenvalue weighted by atomic mass is 19.1. The van der Waals surface area contributed by atoms with Crippen LogP contribution in [0.25, 0.3) is 10.9 Å². The normalized spacial score (nSPS) is 21.4. The van der Waals surface area contributed by atoms with Crippen LogP contribution in [0.2, 0.25) is 0 Å². The minimum atomic E-state index is -0.701. The summed E-state index contributed by atoms with van der Waals surface area (Å²) in [6.45, 7) is 6.75. The van der Waals surface area contributed by atoms with Crippen LogP contribution in [0.1, 0.15) is 51.6 Å². The molecular weight excluding hydrogens is 431 g/mol. The molecule has 10 heteroatoms. The Labute approximate surface area is 191 Å². The lowest BCUT2D eigenvalue weighted by atomic mass is 9.92. The number of aryl methyl sites for hydroxylation is 1. The summed E-state index contributed by atoms with van der Waals surface area (Å²) in [6.07, 6.45) is 0.839. The average molecular weight is 461 g/mol. The van der Waals surface area contributed by atoms with Crippen LogP contribution in [0.5, 0.6) is 5.75 Å². The van der Waals surface area contributed by atoms with E-state index in [0.717, 1.165) is 6.42 Å². The molecule has 1 N–H and O–H groups in total. The molecule has 2 saturated heterocycles. The predicted octanol–water partition coefficient (Wildman–Crippen LogP) is 2.87. The van der Waals surface area contributed by atoms with Gasteiger partial charge in [0.25, 0.3) is 0 Å². The number of nitrogens with one attached hydrogen (secondary N) is 1. The highest BCUT2D eigenvalue weighted by Gasteiger charge is 2.34. The molecular formula is C23H29FN4O5. The zero-order chi connectivity index (χ0) is 23.9. The van der Waals surface area contributed by atoms with Crippen molar-refractivity contribution in [2.45, 2.75) is 51.6 Å². The van der Waals surface area contributed by atoms with Gasteiger partial charge in [-0.2, -0.15) is 5.10 Å². The number of nitrogens with zero attached hydrogens (tertiary/aromatic N) is 3. The van der Waals surface area contributed by atoms with Gasteiger partial charge in [-0.25, -0.2) is 9.18 Å². The standard InChI is InChI=1S/C23H29FN4O5/c1-23(2,3)33-22(31)28-10-9-13(11-28)12-32-16-7-6-15-18(19(16)24)20(26-27(15)4)14-5-8-17(29)25-21(14)30/h6-7,13-14H,5,8-12H2,1-4H3,(H,25,29,30)/t13-,14?/m1/s1. The average Bonchev–Trinajstić information content (AvgIpc) is 3.32. The smallest absolute Gasteiger partial charge is 0.410 e. The maximum absolute atomic E-state index is 15.5. The Morgan fingerprint density at radius 2 is 2.03 bits per heavy atom. The van der Waals surface area contributed by atoms with Crippen molar-refractivity contribution in [2.24, 2.45) is 13.0 Å². The molecule has 2 atom stereocenters. The number of benzene rings is 1. The lowest BCUT2D eigenvalue weighted by Crippen LogP contribution is -2.39. The van der Waals surface area contributed by atoms with Crippen molar-refractivity contribution in [3.8, 4) is 5.75 Å². The third-order valence-electron chi connectivity index (χ3n) is 5.93. The molecule has 0 spiro atoms. The van der Waals surface area contributed by atoms with Crippen LogP contribution in [-0.2, 0) is 21.4 Å². The zero-order valence-electron chi connectivity index (χ0n) is 19.3. The number of hydrogen-bond donors (Lipinski definition) is 1. The molecule has 2 aliphatic heterocycles. The van der Waals surface area contributed by atoms with Crippen LogP contribution in [0.15, 0.2) is 12.1 Å². The van der Waals surface area contributed by atoms with Gasteiger partial charge in [0.1, 0.15) is 5.60 Å². The van der Waals surface area contributed by atoms with Gasteiger partial charge in [-0.3, -0.25) is 19.6 Å². The number of carbonyl (C=O) groups excluding carboxylic acids is 3. The van der Waals surface area contributed by atoms with Crippen molar-refractivity contribution in [2.75, 3.05) is 19.7 Å². The van der Waals surface area contributed by atoms with E-state index in [2.05, 4.69) is 10.4 Å². The first-order valence-corrected chi connectivity index (χ1v) is 11.1. The number of carbonyl (C=O) groups is 3. The SMILES string of the molecule is Cn1nc(C2CCC(=O)NC2=O)c2c(F)c(OC[C@@H]3CCN(C(=O)OC(C)(C)C)C3)ccc21. The van der Waals surface area contributed by atoms with Gasteiger partial charge < -0.3 is 14.4 Å². The minimum absolute atomic E-state index is 0.0520. The number of piperidine rings is 1. The first kappa shape index (κ1) is 23.0. The first-order chi connectivity index (χ1) is 15.5. The molecule has 2 aromatic rings. The topological polar surface area (TPSA) is 103 Å². The molecule has 2 fully saturated rings. The van der Waals surface area contributed by atoms with Gasteiger partial charge in [0.05, 0.1) is 29.1 Å². The van der Waals surface area contributed by atoms with Crippen molar-refractivity contribution in [1.82, 2.24) is 20.0 Å². The molecule has 3 heterocycles. The van der Waals surface area contributed by atoms with Crippen LogP contribution < -0.4 is 10.1 Å². The largest absolute Gasteiger partial charge is 0.490 e. The number of ether oxygens (including phenoxy) is 2. The van der Waals surface area contributed by atoms with E-state index in [1.54, 1.807) is 24.1 Å². The quantitative estimate of drug-likeness (QED) is 0.704. The number of likely N-dealkylation sites (tertiary alicyclic amines) is 1. The number of imide groups is 1. The van der Waals surface area contributed by atoms with Gasteiger partial charge in [-0.15, -0.1) is 0 Å². The van der Waals surface area contributed by atoms with Crippen LogP contribution in [0, 0.1) is 11.7 Å². The van der Waals surface area contributed by atoms with E-state index in [4.69, 9.17) is 9.47 Å². The number of rotatable bonds is 4. The van der Waals surface area contributed by atoms with Crippen molar-refractivity contribution >= 4 is 28.8 Å². The first-order valence-electron chi connectivity index (χ1n) is 11.1. The monoisotopic (exact) mass is 460 g/mol. The van der Waals surface area contributed by atoms with E-state index in [9.17, 15) is 14.4 Å². The fourth-order valence-corrected chi connectivity index (χ4v) is 4.30. The zero-order valence-corrected chi connectivity index (χ0v) is 19.3. The van der Waals surface area contributed by atoms with E-state index in [1.807, 2.05) is 20.8 Å². The second-order valence-corrected chi connectivity index (χ2v) is 9.68. The maximum Gasteiger partial charge on any atom is 0.410 e. The van der Waals surface area contributed by atoms with Gasteiger partial charge in [0.2, 0.25) is 11.8 Å². The molecule has 0 aliphatic carbocycles. The molecule has 0 saturated carbocycles. The van der Waals surface area contributed by atoms with Crippen molar-refractivity contribution < 1.29 is 28.2 Å². The van der Waals surface area contributed by atoms with Gasteiger partial charge in [-0.1, -0.05) is 0 Å². The summed E-state index contributed by atoms with van der Waals surface area (Å²) in [5.74, 6) is -1.96. The Hall–Kier alpha value is -3.17. The maximum atomic E-state index is 15.5. The van der Waals surface area contributed by atoms with E-state index >= 15 is 4.39 Å². The fraction of sp³-hybridized carbons (Fsp3) is 0.565. The molecule has 4 rings (SSSR count). The van der Waals surface area contributed by atoms with Crippen molar-refractivity contribution in [3.63, 3.8) is 0 Å². The van der Waals surface area contributed by atoms with Crippen LogP contribution in [0.4, 0.5) is 9.18 Å². The van der Waals surface area contributed by atoms with Crippen LogP contribution in [-0.4, -0.2) is 57.9 Å². The summed E-state index contributed by atoms with van der Waals surface area (Å²) in [5.41, 5.74) is 0.280.